The number of para-hydroxylation sites is 1. The fourth-order valence-corrected chi connectivity index (χ4v) is 3.24. The van der Waals surface area contributed by atoms with Crippen LogP contribution in [0.25, 0.3) is 11.3 Å². The highest BCUT2D eigenvalue weighted by Crippen LogP contribution is 2.21. The van der Waals surface area contributed by atoms with Crippen molar-refractivity contribution in [2.75, 3.05) is 11.6 Å². The first kappa shape index (κ1) is 16.3. The number of nitrogens with zero attached hydrogens (tertiary/aromatic N) is 1. The van der Waals surface area contributed by atoms with Gasteiger partial charge in [-0.25, -0.2) is 8.42 Å². The van der Waals surface area contributed by atoms with Gasteiger partial charge in [0.2, 0.25) is 0 Å². The number of benzene rings is 2. The Morgan fingerprint density at radius 3 is 2.50 bits per heavy atom. The van der Waals surface area contributed by atoms with Crippen molar-refractivity contribution in [2.45, 2.75) is 12.3 Å². The van der Waals surface area contributed by atoms with Crippen LogP contribution in [0, 0.1) is 0 Å². The van der Waals surface area contributed by atoms with Crippen molar-refractivity contribution >= 4 is 15.5 Å². The summed E-state index contributed by atoms with van der Waals surface area (Å²) in [5.74, 6) is 0.685. The van der Waals surface area contributed by atoms with Gasteiger partial charge in [0, 0.05) is 23.6 Å². The fraction of sp³-hybridized carbons (Fsp3) is 0.167. The minimum Gasteiger partial charge on any atom is -0.377 e. The van der Waals surface area contributed by atoms with E-state index in [0.717, 1.165) is 22.5 Å². The highest BCUT2D eigenvalue weighted by atomic mass is 32.2. The van der Waals surface area contributed by atoms with Gasteiger partial charge in [-0.15, -0.1) is 0 Å². The van der Waals surface area contributed by atoms with Crippen molar-refractivity contribution in [3.05, 3.63) is 72.0 Å². The molecule has 0 aliphatic heterocycles. The second-order valence-electron chi connectivity index (χ2n) is 5.63. The summed E-state index contributed by atoms with van der Waals surface area (Å²) >= 11 is 0. The van der Waals surface area contributed by atoms with Gasteiger partial charge in [0.05, 0.1) is 12.3 Å². The van der Waals surface area contributed by atoms with Gasteiger partial charge < -0.3 is 9.84 Å². The highest BCUT2D eigenvalue weighted by Gasteiger charge is 2.10. The number of aromatic nitrogens is 1. The molecule has 0 aliphatic rings. The Morgan fingerprint density at radius 2 is 1.75 bits per heavy atom. The molecule has 1 N–H and O–H groups in total. The molecule has 6 heteroatoms. The van der Waals surface area contributed by atoms with Crippen LogP contribution >= 0.6 is 0 Å². The van der Waals surface area contributed by atoms with Gasteiger partial charge in [-0.05, 0) is 11.6 Å². The number of sulfone groups is 1. The van der Waals surface area contributed by atoms with Crippen LogP contribution in [0.1, 0.15) is 11.3 Å². The fourth-order valence-electron chi connectivity index (χ4n) is 2.42. The smallest absolute Gasteiger partial charge is 0.156 e. The molecule has 3 rings (SSSR count). The molecule has 0 amide bonds. The Balaban J connectivity index is 1.72. The molecule has 124 valence electrons. The minimum atomic E-state index is -3.09. The molecule has 1 heterocycles. The molecule has 0 saturated carbocycles. The van der Waals surface area contributed by atoms with Gasteiger partial charge in [0.25, 0.3) is 0 Å². The van der Waals surface area contributed by atoms with Crippen LogP contribution in [0.4, 0.5) is 5.69 Å². The molecule has 0 spiro atoms. The van der Waals surface area contributed by atoms with Crippen LogP contribution in [0.15, 0.2) is 65.2 Å². The van der Waals surface area contributed by atoms with Crippen molar-refractivity contribution in [1.29, 1.82) is 0 Å². The predicted octanol–water partition coefficient (Wildman–Crippen LogP) is 3.50. The van der Waals surface area contributed by atoms with Crippen LogP contribution in [0.2, 0.25) is 0 Å². The Kier molecular flexibility index (Phi) is 4.66. The van der Waals surface area contributed by atoms with E-state index in [9.17, 15) is 8.42 Å². The summed E-state index contributed by atoms with van der Waals surface area (Å²) in [6.45, 7) is 0.431. The van der Waals surface area contributed by atoms with Crippen LogP contribution in [-0.4, -0.2) is 19.8 Å². The van der Waals surface area contributed by atoms with E-state index in [-0.39, 0.29) is 5.75 Å². The number of rotatable bonds is 6. The normalized spacial score (nSPS) is 11.4. The van der Waals surface area contributed by atoms with E-state index in [2.05, 4.69) is 10.5 Å². The highest BCUT2D eigenvalue weighted by molar-refractivity contribution is 7.89. The summed E-state index contributed by atoms with van der Waals surface area (Å²) in [5.41, 5.74) is 3.28. The van der Waals surface area contributed by atoms with Crippen molar-refractivity contribution in [2.24, 2.45) is 0 Å². The molecule has 3 aromatic rings. The van der Waals surface area contributed by atoms with Crippen molar-refractivity contribution in [3.63, 3.8) is 0 Å². The summed E-state index contributed by atoms with van der Waals surface area (Å²) in [5, 5.41) is 7.29. The lowest BCUT2D eigenvalue weighted by Crippen LogP contribution is -2.06. The third kappa shape index (κ3) is 4.23. The van der Waals surface area contributed by atoms with Gasteiger partial charge in [-0.3, -0.25) is 0 Å². The molecular weight excluding hydrogens is 324 g/mol. The lowest BCUT2D eigenvalue weighted by Gasteiger charge is -2.09. The van der Waals surface area contributed by atoms with E-state index in [4.69, 9.17) is 4.52 Å². The maximum absolute atomic E-state index is 11.5. The molecule has 0 fully saturated rings. The average Bonchev–Trinajstić information content (AvgIpc) is 3.02. The largest absolute Gasteiger partial charge is 0.377 e. The molecule has 0 bridgehead atoms. The molecule has 0 unspecified atom stereocenters. The first-order chi connectivity index (χ1) is 11.5. The molecule has 0 radical (unpaired) electrons. The molecule has 2 aromatic carbocycles. The number of hydrogen-bond donors (Lipinski definition) is 1. The summed E-state index contributed by atoms with van der Waals surface area (Å²) in [4.78, 5) is 0. The quantitative estimate of drug-likeness (QED) is 0.742. The lowest BCUT2D eigenvalue weighted by atomic mass is 10.1. The Hall–Kier alpha value is -2.60. The average molecular weight is 342 g/mol. The Morgan fingerprint density at radius 1 is 1.04 bits per heavy atom. The van der Waals surface area contributed by atoms with Gasteiger partial charge in [0.15, 0.2) is 15.6 Å². The second-order valence-corrected chi connectivity index (χ2v) is 7.77. The summed E-state index contributed by atoms with van der Waals surface area (Å²) in [7, 11) is -3.09. The van der Waals surface area contributed by atoms with E-state index in [1.165, 1.54) is 6.26 Å². The lowest BCUT2D eigenvalue weighted by molar-refractivity contribution is 0.390. The van der Waals surface area contributed by atoms with Gasteiger partial charge in [-0.1, -0.05) is 53.7 Å². The van der Waals surface area contributed by atoms with Gasteiger partial charge in [-0.2, -0.15) is 0 Å². The Labute approximate surface area is 141 Å². The SMILES string of the molecule is CS(=O)(=O)Cc1ccccc1NCc1cc(-c2ccccc2)no1. The standard InChI is InChI=1S/C18H18N2O3S/c1-24(21,22)13-15-9-5-6-10-17(15)19-12-16-11-18(20-23-16)14-7-3-2-4-8-14/h2-11,19H,12-13H2,1H3. The van der Waals surface area contributed by atoms with Gasteiger partial charge >= 0.3 is 0 Å². The Bertz CT molecular complexity index is 918. The van der Waals surface area contributed by atoms with E-state index in [1.54, 1.807) is 6.07 Å². The third-order valence-electron chi connectivity index (χ3n) is 3.52. The monoisotopic (exact) mass is 342 g/mol. The van der Waals surface area contributed by atoms with Crippen LogP contribution < -0.4 is 5.32 Å². The molecule has 0 atom stereocenters. The minimum absolute atomic E-state index is 0.00183. The molecule has 1 aromatic heterocycles. The summed E-state index contributed by atoms with van der Waals surface area (Å²) in [6.07, 6.45) is 1.23. The van der Waals surface area contributed by atoms with Crippen LogP contribution in [-0.2, 0) is 22.1 Å². The molecule has 24 heavy (non-hydrogen) atoms. The zero-order chi connectivity index (χ0) is 17.0. The molecular formula is C18H18N2O3S. The van der Waals surface area contributed by atoms with Crippen LogP contribution in [0.5, 0.6) is 0 Å². The van der Waals surface area contributed by atoms with Crippen LogP contribution in [0.3, 0.4) is 0 Å². The zero-order valence-corrected chi connectivity index (χ0v) is 14.1. The zero-order valence-electron chi connectivity index (χ0n) is 13.3. The maximum atomic E-state index is 11.5. The molecule has 0 saturated heterocycles. The van der Waals surface area contributed by atoms with E-state index < -0.39 is 9.84 Å². The predicted molar refractivity (Wildman–Crippen MR) is 94.3 cm³/mol. The number of anilines is 1. The number of hydrogen-bond acceptors (Lipinski definition) is 5. The van der Waals surface area contributed by atoms with Gasteiger partial charge in [0.1, 0.15) is 5.69 Å². The van der Waals surface area contributed by atoms with E-state index in [0.29, 0.717) is 12.3 Å². The first-order valence-corrected chi connectivity index (χ1v) is 9.58. The molecule has 0 aliphatic carbocycles. The summed E-state index contributed by atoms with van der Waals surface area (Å²) < 4.78 is 28.4. The third-order valence-corrected chi connectivity index (χ3v) is 4.35. The van der Waals surface area contributed by atoms with Crippen molar-refractivity contribution in [1.82, 2.24) is 5.16 Å². The van der Waals surface area contributed by atoms with E-state index >= 15 is 0 Å². The second kappa shape index (κ2) is 6.88. The molecule has 5 nitrogen and oxygen atoms in total. The summed E-state index contributed by atoms with van der Waals surface area (Å²) in [6, 6.07) is 19.0. The number of nitrogens with one attached hydrogen (secondary N) is 1. The van der Waals surface area contributed by atoms with Crippen molar-refractivity contribution in [3.8, 4) is 11.3 Å². The topological polar surface area (TPSA) is 72.2 Å². The first-order valence-electron chi connectivity index (χ1n) is 7.52. The van der Waals surface area contributed by atoms with Crippen molar-refractivity contribution < 1.29 is 12.9 Å². The maximum Gasteiger partial charge on any atom is 0.156 e. The van der Waals surface area contributed by atoms with E-state index in [1.807, 2.05) is 54.6 Å².